The minimum absolute atomic E-state index is 0.0151. The molecule has 0 fully saturated rings. The van der Waals surface area contributed by atoms with E-state index in [0.717, 1.165) is 5.69 Å². The summed E-state index contributed by atoms with van der Waals surface area (Å²) in [6, 6.07) is 6.30. The highest BCUT2D eigenvalue weighted by Gasteiger charge is 2.24. The fraction of sp³-hybridized carbons (Fsp3) is 0.571. The molecule has 2 N–H and O–H groups in total. The van der Waals surface area contributed by atoms with E-state index in [1.807, 2.05) is 14.0 Å². The number of hydrogen-bond donors (Lipinski definition) is 2. The topological polar surface area (TPSA) is 43.7 Å². The third kappa shape index (κ3) is 3.45. The van der Waals surface area contributed by atoms with Gasteiger partial charge < -0.3 is 15.1 Å². The first kappa shape index (κ1) is 14.0. The van der Waals surface area contributed by atoms with Crippen molar-refractivity contribution in [2.75, 3.05) is 31.7 Å². The molecule has 0 heterocycles. The van der Waals surface area contributed by atoms with Crippen molar-refractivity contribution in [2.45, 2.75) is 20.8 Å². The highest BCUT2D eigenvalue weighted by atomic mass is 16.3. The number of anilines is 1. The van der Waals surface area contributed by atoms with Gasteiger partial charge in [-0.2, -0.15) is 0 Å². The average molecular weight is 237 g/mol. The fourth-order valence-corrected chi connectivity index (χ4v) is 2.04. The molecule has 1 aromatic carbocycles. The fourth-order valence-electron chi connectivity index (χ4n) is 2.04. The van der Waals surface area contributed by atoms with Crippen molar-refractivity contribution in [3.05, 3.63) is 29.3 Å². The number of aliphatic hydroxyl groups is 2. The van der Waals surface area contributed by atoms with Gasteiger partial charge in [0.05, 0.1) is 13.2 Å². The van der Waals surface area contributed by atoms with Gasteiger partial charge in [0, 0.05) is 24.7 Å². The molecule has 0 saturated heterocycles. The SMILES string of the molecule is Cc1ccc(N(C)CC(C)(CO)CO)c(C)c1. The number of benzene rings is 1. The first-order chi connectivity index (χ1) is 7.91. The summed E-state index contributed by atoms with van der Waals surface area (Å²) in [4.78, 5) is 2.08. The predicted octanol–water partition coefficient (Wildman–Crippen LogP) is 1.73. The molecule has 0 atom stereocenters. The normalized spacial score (nSPS) is 11.6. The van der Waals surface area contributed by atoms with Gasteiger partial charge >= 0.3 is 0 Å². The van der Waals surface area contributed by atoms with Crippen LogP contribution in [-0.2, 0) is 0 Å². The largest absolute Gasteiger partial charge is 0.396 e. The zero-order chi connectivity index (χ0) is 13.1. The van der Waals surface area contributed by atoms with E-state index in [-0.39, 0.29) is 13.2 Å². The molecule has 0 unspecified atom stereocenters. The van der Waals surface area contributed by atoms with Gasteiger partial charge in [-0.25, -0.2) is 0 Å². The lowest BCUT2D eigenvalue weighted by Crippen LogP contribution is -2.39. The monoisotopic (exact) mass is 237 g/mol. The molecular formula is C14H23NO2. The zero-order valence-electron chi connectivity index (χ0n) is 11.2. The Morgan fingerprint density at radius 2 is 1.76 bits per heavy atom. The first-order valence-electron chi connectivity index (χ1n) is 5.92. The standard InChI is InChI=1S/C14H23NO2/c1-11-5-6-13(12(2)7-11)15(4)8-14(3,9-16)10-17/h5-7,16-17H,8-10H2,1-4H3. The molecule has 3 heteroatoms. The van der Waals surface area contributed by atoms with Crippen molar-refractivity contribution in [1.29, 1.82) is 0 Å². The molecule has 3 nitrogen and oxygen atoms in total. The van der Waals surface area contributed by atoms with E-state index in [1.165, 1.54) is 11.1 Å². The van der Waals surface area contributed by atoms with Crippen molar-refractivity contribution in [2.24, 2.45) is 5.41 Å². The third-order valence-electron chi connectivity index (χ3n) is 3.15. The van der Waals surface area contributed by atoms with Gasteiger partial charge in [-0.3, -0.25) is 0 Å². The molecule has 1 rings (SSSR count). The van der Waals surface area contributed by atoms with Crippen LogP contribution in [0.4, 0.5) is 5.69 Å². The summed E-state index contributed by atoms with van der Waals surface area (Å²) < 4.78 is 0. The maximum atomic E-state index is 9.31. The number of aryl methyl sites for hydroxylation is 2. The minimum atomic E-state index is -0.466. The average Bonchev–Trinajstić information content (AvgIpc) is 2.28. The molecule has 0 bridgehead atoms. The minimum Gasteiger partial charge on any atom is -0.396 e. The van der Waals surface area contributed by atoms with Crippen molar-refractivity contribution < 1.29 is 10.2 Å². The smallest absolute Gasteiger partial charge is 0.0523 e. The molecule has 96 valence electrons. The van der Waals surface area contributed by atoms with Gasteiger partial charge in [0.2, 0.25) is 0 Å². The summed E-state index contributed by atoms with van der Waals surface area (Å²) >= 11 is 0. The maximum absolute atomic E-state index is 9.31. The Kier molecular flexibility index (Phi) is 4.54. The molecule has 0 aliphatic heterocycles. The summed E-state index contributed by atoms with van der Waals surface area (Å²) in [6.07, 6.45) is 0. The van der Waals surface area contributed by atoms with Gasteiger partial charge in [0.25, 0.3) is 0 Å². The Hall–Kier alpha value is -1.06. The lowest BCUT2D eigenvalue weighted by Gasteiger charge is -2.32. The molecule has 0 spiro atoms. The second-order valence-corrected chi connectivity index (χ2v) is 5.27. The Labute approximate surface area is 104 Å². The first-order valence-corrected chi connectivity index (χ1v) is 5.92. The van der Waals surface area contributed by atoms with Crippen LogP contribution >= 0.6 is 0 Å². The van der Waals surface area contributed by atoms with Gasteiger partial charge in [-0.1, -0.05) is 24.6 Å². The molecule has 0 radical (unpaired) electrons. The molecule has 1 aromatic rings. The lowest BCUT2D eigenvalue weighted by atomic mass is 9.92. The van der Waals surface area contributed by atoms with Crippen LogP contribution in [0, 0.1) is 19.3 Å². The van der Waals surface area contributed by atoms with Gasteiger partial charge in [0.1, 0.15) is 0 Å². The summed E-state index contributed by atoms with van der Waals surface area (Å²) in [5.74, 6) is 0. The van der Waals surface area contributed by atoms with Gasteiger partial charge in [-0.15, -0.1) is 0 Å². The van der Waals surface area contributed by atoms with Crippen molar-refractivity contribution in [1.82, 2.24) is 0 Å². The zero-order valence-corrected chi connectivity index (χ0v) is 11.2. The van der Waals surface area contributed by atoms with E-state index >= 15 is 0 Å². The van der Waals surface area contributed by atoms with Gasteiger partial charge in [0.15, 0.2) is 0 Å². The molecule has 0 aromatic heterocycles. The lowest BCUT2D eigenvalue weighted by molar-refractivity contribution is 0.0762. The molecule has 17 heavy (non-hydrogen) atoms. The van der Waals surface area contributed by atoms with Crippen LogP contribution in [0.5, 0.6) is 0 Å². The Bertz CT molecular complexity index is 372. The highest BCUT2D eigenvalue weighted by molar-refractivity contribution is 5.53. The number of rotatable bonds is 5. The van der Waals surface area contributed by atoms with Crippen LogP contribution in [-0.4, -0.2) is 37.0 Å². The van der Waals surface area contributed by atoms with Gasteiger partial charge in [-0.05, 0) is 25.5 Å². The highest BCUT2D eigenvalue weighted by Crippen LogP contribution is 2.24. The quantitative estimate of drug-likeness (QED) is 0.819. The third-order valence-corrected chi connectivity index (χ3v) is 3.15. The van der Waals surface area contributed by atoms with Crippen molar-refractivity contribution in [3.8, 4) is 0 Å². The molecule has 0 saturated carbocycles. The summed E-state index contributed by atoms with van der Waals surface area (Å²) in [5, 5.41) is 18.6. The second-order valence-electron chi connectivity index (χ2n) is 5.27. The maximum Gasteiger partial charge on any atom is 0.0523 e. The Morgan fingerprint density at radius 1 is 1.18 bits per heavy atom. The van der Waals surface area contributed by atoms with Crippen LogP contribution in [0.25, 0.3) is 0 Å². The predicted molar refractivity (Wildman–Crippen MR) is 71.5 cm³/mol. The Morgan fingerprint density at radius 3 is 2.24 bits per heavy atom. The number of nitrogens with zero attached hydrogens (tertiary/aromatic N) is 1. The number of hydrogen-bond acceptors (Lipinski definition) is 3. The summed E-state index contributed by atoms with van der Waals surface area (Å²) in [6.45, 7) is 6.63. The van der Waals surface area contributed by atoms with Crippen molar-refractivity contribution >= 4 is 5.69 Å². The second kappa shape index (κ2) is 5.52. The molecule has 0 aliphatic carbocycles. The number of aliphatic hydroxyl groups excluding tert-OH is 2. The van der Waals surface area contributed by atoms with E-state index in [9.17, 15) is 10.2 Å². The van der Waals surface area contributed by atoms with Crippen LogP contribution < -0.4 is 4.90 Å². The van der Waals surface area contributed by atoms with E-state index in [4.69, 9.17) is 0 Å². The Balaban J connectivity index is 2.86. The summed E-state index contributed by atoms with van der Waals surface area (Å²) in [5.41, 5.74) is 3.13. The summed E-state index contributed by atoms with van der Waals surface area (Å²) in [7, 11) is 1.99. The van der Waals surface area contributed by atoms with E-state index in [1.54, 1.807) is 0 Å². The van der Waals surface area contributed by atoms with Crippen LogP contribution in [0.2, 0.25) is 0 Å². The van der Waals surface area contributed by atoms with Crippen LogP contribution in [0.15, 0.2) is 18.2 Å². The van der Waals surface area contributed by atoms with Crippen LogP contribution in [0.1, 0.15) is 18.1 Å². The van der Waals surface area contributed by atoms with Crippen molar-refractivity contribution in [3.63, 3.8) is 0 Å². The van der Waals surface area contributed by atoms with Crippen LogP contribution in [0.3, 0.4) is 0 Å². The van der Waals surface area contributed by atoms with E-state index < -0.39 is 5.41 Å². The molecule has 0 aliphatic rings. The van der Waals surface area contributed by atoms with E-state index in [2.05, 4.69) is 36.9 Å². The van der Waals surface area contributed by atoms with E-state index in [0.29, 0.717) is 6.54 Å². The molecule has 0 amide bonds. The molecular weight excluding hydrogens is 214 g/mol.